The number of pyridine rings is 1. The maximum absolute atomic E-state index is 5.77. The molecule has 0 bridgehead atoms. The number of hydrogen-bond donors (Lipinski definition) is 1. The van der Waals surface area contributed by atoms with Gasteiger partial charge in [0.05, 0.1) is 12.7 Å². The monoisotopic (exact) mass is 249 g/mol. The number of rotatable bonds is 4. The number of hydrogen-bond acceptors (Lipinski definition) is 4. The van der Waals surface area contributed by atoms with Gasteiger partial charge >= 0.3 is 0 Å². The zero-order chi connectivity index (χ0) is 13.0. The molecule has 1 fully saturated rings. The van der Waals surface area contributed by atoms with E-state index in [0.717, 1.165) is 44.0 Å². The minimum Gasteiger partial charge on any atom is -0.375 e. The van der Waals surface area contributed by atoms with Gasteiger partial charge in [-0.05, 0) is 31.0 Å². The molecule has 2 rings (SSSR count). The number of nitrogens with zero attached hydrogens (tertiary/aromatic N) is 2. The smallest absolute Gasteiger partial charge is 0.129 e. The second-order valence-corrected chi connectivity index (χ2v) is 4.91. The lowest BCUT2D eigenvalue weighted by Crippen LogP contribution is -2.41. The molecule has 0 saturated carbocycles. The van der Waals surface area contributed by atoms with E-state index in [1.807, 2.05) is 0 Å². The molecule has 0 aromatic carbocycles. The van der Waals surface area contributed by atoms with Crippen molar-refractivity contribution in [3.8, 4) is 0 Å². The van der Waals surface area contributed by atoms with E-state index < -0.39 is 0 Å². The van der Waals surface area contributed by atoms with Crippen LogP contribution in [0.2, 0.25) is 0 Å². The van der Waals surface area contributed by atoms with Crippen molar-refractivity contribution in [1.82, 2.24) is 4.98 Å². The average Bonchev–Trinajstić information content (AvgIpc) is 2.39. The molecule has 18 heavy (non-hydrogen) atoms. The first-order chi connectivity index (χ1) is 8.72. The molecular weight excluding hydrogens is 226 g/mol. The predicted molar refractivity (Wildman–Crippen MR) is 73.8 cm³/mol. The van der Waals surface area contributed by atoms with Gasteiger partial charge < -0.3 is 15.4 Å². The van der Waals surface area contributed by atoms with Crippen LogP contribution in [-0.4, -0.2) is 30.8 Å². The van der Waals surface area contributed by atoms with E-state index in [1.54, 1.807) is 0 Å². The molecule has 1 unspecified atom stereocenters. The summed E-state index contributed by atoms with van der Waals surface area (Å²) in [5.74, 6) is 1.05. The van der Waals surface area contributed by atoms with Crippen LogP contribution in [-0.2, 0) is 17.7 Å². The van der Waals surface area contributed by atoms with Gasteiger partial charge in [0.1, 0.15) is 5.82 Å². The van der Waals surface area contributed by atoms with Crippen molar-refractivity contribution >= 4 is 5.82 Å². The standard InChI is InChI=1S/C14H23N3O/c1-3-4-13-7-12(9-15)8-14(16-13)17-5-6-18-11(2)10-17/h7-8,11H,3-6,9-10,15H2,1-2H3. The van der Waals surface area contributed by atoms with Gasteiger partial charge in [0.25, 0.3) is 0 Å². The summed E-state index contributed by atoms with van der Waals surface area (Å²) in [4.78, 5) is 7.04. The van der Waals surface area contributed by atoms with E-state index in [2.05, 4.69) is 30.9 Å². The van der Waals surface area contributed by atoms with Gasteiger partial charge in [0.15, 0.2) is 0 Å². The van der Waals surface area contributed by atoms with Gasteiger partial charge in [0.2, 0.25) is 0 Å². The molecule has 1 saturated heterocycles. The maximum Gasteiger partial charge on any atom is 0.129 e. The second-order valence-electron chi connectivity index (χ2n) is 4.91. The van der Waals surface area contributed by atoms with Crippen LogP contribution in [0.4, 0.5) is 5.82 Å². The molecule has 2 heterocycles. The highest BCUT2D eigenvalue weighted by atomic mass is 16.5. The SMILES string of the molecule is CCCc1cc(CN)cc(N2CCOC(C)C2)n1. The number of ether oxygens (including phenoxy) is 1. The van der Waals surface area contributed by atoms with Gasteiger partial charge in [-0.25, -0.2) is 4.98 Å². The highest BCUT2D eigenvalue weighted by Gasteiger charge is 2.18. The fourth-order valence-corrected chi connectivity index (χ4v) is 2.32. The molecular formula is C14H23N3O. The molecule has 2 N–H and O–H groups in total. The van der Waals surface area contributed by atoms with Crippen molar-refractivity contribution < 1.29 is 4.74 Å². The first kappa shape index (κ1) is 13.3. The summed E-state index contributed by atoms with van der Waals surface area (Å²) in [5.41, 5.74) is 8.09. The average molecular weight is 249 g/mol. The lowest BCUT2D eigenvalue weighted by molar-refractivity contribution is 0.0529. The van der Waals surface area contributed by atoms with Gasteiger partial charge in [0, 0.05) is 25.3 Å². The molecule has 1 aromatic heterocycles. The lowest BCUT2D eigenvalue weighted by atomic mass is 10.1. The summed E-state index contributed by atoms with van der Waals surface area (Å²) in [7, 11) is 0. The van der Waals surface area contributed by atoms with Crippen LogP contribution in [0.5, 0.6) is 0 Å². The molecule has 1 aromatic rings. The molecule has 0 aliphatic carbocycles. The molecule has 1 aliphatic heterocycles. The van der Waals surface area contributed by atoms with Crippen LogP contribution < -0.4 is 10.6 Å². The lowest BCUT2D eigenvalue weighted by Gasteiger charge is -2.32. The van der Waals surface area contributed by atoms with Crippen LogP contribution in [0.1, 0.15) is 31.5 Å². The van der Waals surface area contributed by atoms with Crippen LogP contribution in [0.25, 0.3) is 0 Å². The van der Waals surface area contributed by atoms with Crippen molar-refractivity contribution in [1.29, 1.82) is 0 Å². The van der Waals surface area contributed by atoms with E-state index >= 15 is 0 Å². The Bertz CT molecular complexity index is 395. The Kier molecular flexibility index (Phi) is 4.55. The first-order valence-electron chi connectivity index (χ1n) is 6.79. The quantitative estimate of drug-likeness (QED) is 0.882. The predicted octanol–water partition coefficient (Wildman–Crippen LogP) is 1.72. The second kappa shape index (κ2) is 6.16. The van der Waals surface area contributed by atoms with Gasteiger partial charge in [-0.15, -0.1) is 0 Å². The maximum atomic E-state index is 5.77. The van der Waals surface area contributed by atoms with Gasteiger partial charge in [-0.1, -0.05) is 13.3 Å². The summed E-state index contributed by atoms with van der Waals surface area (Å²) in [6.45, 7) is 7.45. The Morgan fingerprint density at radius 1 is 1.50 bits per heavy atom. The zero-order valence-electron chi connectivity index (χ0n) is 11.4. The minimum absolute atomic E-state index is 0.275. The van der Waals surface area contributed by atoms with Gasteiger partial charge in [-0.3, -0.25) is 0 Å². The highest BCUT2D eigenvalue weighted by molar-refractivity contribution is 5.43. The summed E-state index contributed by atoms with van der Waals surface area (Å²) in [6, 6.07) is 4.23. The largest absolute Gasteiger partial charge is 0.375 e. The molecule has 4 nitrogen and oxygen atoms in total. The Morgan fingerprint density at radius 2 is 2.33 bits per heavy atom. The Labute approximate surface area is 109 Å². The number of aryl methyl sites for hydroxylation is 1. The molecule has 100 valence electrons. The number of morpholine rings is 1. The summed E-state index contributed by atoms with van der Waals surface area (Å²) >= 11 is 0. The third kappa shape index (κ3) is 3.21. The Morgan fingerprint density at radius 3 is 3.00 bits per heavy atom. The van der Waals surface area contributed by atoms with Crippen molar-refractivity contribution in [3.63, 3.8) is 0 Å². The Hall–Kier alpha value is -1.13. The van der Waals surface area contributed by atoms with E-state index in [9.17, 15) is 0 Å². The van der Waals surface area contributed by atoms with Crippen LogP contribution >= 0.6 is 0 Å². The first-order valence-corrected chi connectivity index (χ1v) is 6.79. The van der Waals surface area contributed by atoms with Crippen LogP contribution in [0.15, 0.2) is 12.1 Å². The molecule has 1 atom stereocenters. The molecule has 1 aliphatic rings. The van der Waals surface area contributed by atoms with Crippen LogP contribution in [0, 0.1) is 0 Å². The number of aromatic nitrogens is 1. The van der Waals surface area contributed by atoms with Crippen LogP contribution in [0.3, 0.4) is 0 Å². The highest BCUT2D eigenvalue weighted by Crippen LogP contribution is 2.18. The fraction of sp³-hybridized carbons (Fsp3) is 0.643. The minimum atomic E-state index is 0.275. The molecule has 0 spiro atoms. The van der Waals surface area contributed by atoms with E-state index in [-0.39, 0.29) is 6.10 Å². The fourth-order valence-electron chi connectivity index (χ4n) is 2.32. The summed E-state index contributed by atoms with van der Waals surface area (Å²) in [6.07, 6.45) is 2.40. The zero-order valence-corrected chi connectivity index (χ0v) is 11.4. The summed E-state index contributed by atoms with van der Waals surface area (Å²) in [5, 5.41) is 0. The normalized spacial score (nSPS) is 20.2. The number of nitrogens with two attached hydrogens (primary N) is 1. The summed E-state index contributed by atoms with van der Waals surface area (Å²) < 4.78 is 5.57. The molecule has 0 amide bonds. The molecule has 0 radical (unpaired) electrons. The molecule has 4 heteroatoms. The number of anilines is 1. The third-order valence-electron chi connectivity index (χ3n) is 3.23. The van der Waals surface area contributed by atoms with Crippen molar-refractivity contribution in [2.45, 2.75) is 39.3 Å². The van der Waals surface area contributed by atoms with Gasteiger partial charge in [-0.2, -0.15) is 0 Å². The van der Waals surface area contributed by atoms with E-state index in [4.69, 9.17) is 15.5 Å². The van der Waals surface area contributed by atoms with E-state index in [1.165, 1.54) is 5.56 Å². The van der Waals surface area contributed by atoms with Crippen molar-refractivity contribution in [2.24, 2.45) is 5.73 Å². The Balaban J connectivity index is 2.22. The third-order valence-corrected chi connectivity index (χ3v) is 3.23. The van der Waals surface area contributed by atoms with Crippen molar-refractivity contribution in [2.75, 3.05) is 24.6 Å². The van der Waals surface area contributed by atoms with E-state index in [0.29, 0.717) is 6.54 Å². The van der Waals surface area contributed by atoms with Crippen molar-refractivity contribution in [3.05, 3.63) is 23.4 Å². The topological polar surface area (TPSA) is 51.4 Å².